The summed E-state index contributed by atoms with van der Waals surface area (Å²) in [6.07, 6.45) is 4.71. The Labute approximate surface area is 101 Å². The number of carbonyl (C=O) groups is 1. The maximum absolute atomic E-state index is 11.7. The summed E-state index contributed by atoms with van der Waals surface area (Å²) in [6.45, 7) is 3.98. The topological polar surface area (TPSA) is 67.2 Å². The van der Waals surface area contributed by atoms with Crippen LogP contribution in [0.2, 0.25) is 0 Å². The Morgan fingerprint density at radius 3 is 2.88 bits per heavy atom. The molecule has 0 saturated heterocycles. The molecule has 1 aromatic heterocycles. The molecule has 1 aliphatic rings. The molecule has 5 heteroatoms. The summed E-state index contributed by atoms with van der Waals surface area (Å²) in [4.78, 5) is 11.7. The largest absolute Gasteiger partial charge is 0.360 e. The molecule has 1 heterocycles. The quantitative estimate of drug-likeness (QED) is 0.831. The molecule has 1 aromatic rings. The molecule has 1 aliphatic carbocycles. The first-order valence-corrected chi connectivity index (χ1v) is 6.16. The fourth-order valence-electron chi connectivity index (χ4n) is 2.28. The number of carbonyl (C=O) groups excluding carboxylic acids is 1. The second kappa shape index (κ2) is 5.21. The number of nitrogens with one attached hydrogen (secondary N) is 2. The standard InChI is InChI=1S/C12H19N3O2/c1-8-5-3-4-6-10(8)13-12(16)14-11-7-9(2)17-15-11/h7-8,10H,3-6H2,1-2H3,(H2,13,14,15,16)/t8-,10-/m0/s1. The van der Waals surface area contributed by atoms with Gasteiger partial charge in [0.1, 0.15) is 5.76 Å². The third-order valence-corrected chi connectivity index (χ3v) is 3.30. The molecule has 2 rings (SSSR count). The highest BCUT2D eigenvalue weighted by Crippen LogP contribution is 2.23. The van der Waals surface area contributed by atoms with Crippen LogP contribution in [0.3, 0.4) is 0 Å². The summed E-state index contributed by atoms with van der Waals surface area (Å²) in [7, 11) is 0. The van der Waals surface area contributed by atoms with Crippen molar-refractivity contribution < 1.29 is 9.32 Å². The van der Waals surface area contributed by atoms with Gasteiger partial charge in [-0.3, -0.25) is 5.32 Å². The van der Waals surface area contributed by atoms with E-state index in [1.165, 1.54) is 19.3 Å². The first kappa shape index (κ1) is 12.0. The van der Waals surface area contributed by atoms with Crippen LogP contribution in [0.25, 0.3) is 0 Å². The lowest BCUT2D eigenvalue weighted by Crippen LogP contribution is -2.43. The van der Waals surface area contributed by atoms with Gasteiger partial charge in [0.05, 0.1) is 0 Å². The van der Waals surface area contributed by atoms with E-state index in [1.54, 1.807) is 13.0 Å². The molecule has 0 aromatic carbocycles. The van der Waals surface area contributed by atoms with Gasteiger partial charge in [-0.15, -0.1) is 0 Å². The van der Waals surface area contributed by atoms with Crippen molar-refractivity contribution in [2.24, 2.45) is 5.92 Å². The summed E-state index contributed by atoms with van der Waals surface area (Å²) >= 11 is 0. The molecule has 17 heavy (non-hydrogen) atoms. The molecule has 1 saturated carbocycles. The first-order chi connectivity index (χ1) is 8.15. The number of hydrogen-bond acceptors (Lipinski definition) is 3. The van der Waals surface area contributed by atoms with E-state index in [0.717, 1.165) is 6.42 Å². The molecule has 0 unspecified atom stereocenters. The SMILES string of the molecule is Cc1cc(NC(=O)N[C@H]2CCCC[C@@H]2C)no1. The van der Waals surface area contributed by atoms with Gasteiger partial charge >= 0.3 is 6.03 Å². The summed E-state index contributed by atoms with van der Waals surface area (Å²) in [5.41, 5.74) is 0. The van der Waals surface area contributed by atoms with Gasteiger partial charge in [-0.05, 0) is 25.7 Å². The molecule has 5 nitrogen and oxygen atoms in total. The van der Waals surface area contributed by atoms with Crippen LogP contribution in [0.1, 0.15) is 38.4 Å². The molecule has 0 radical (unpaired) electrons. The molecule has 2 N–H and O–H groups in total. The fraction of sp³-hybridized carbons (Fsp3) is 0.667. The number of aryl methyl sites for hydroxylation is 1. The highest BCUT2D eigenvalue weighted by atomic mass is 16.5. The van der Waals surface area contributed by atoms with Crippen molar-refractivity contribution in [2.75, 3.05) is 5.32 Å². The van der Waals surface area contributed by atoms with Crippen molar-refractivity contribution in [1.82, 2.24) is 10.5 Å². The van der Waals surface area contributed by atoms with Crippen molar-refractivity contribution in [3.05, 3.63) is 11.8 Å². The van der Waals surface area contributed by atoms with Gasteiger partial charge in [-0.2, -0.15) is 0 Å². The number of anilines is 1. The lowest BCUT2D eigenvalue weighted by molar-refractivity contribution is 0.232. The van der Waals surface area contributed by atoms with Crippen LogP contribution < -0.4 is 10.6 Å². The second-order valence-electron chi connectivity index (χ2n) is 4.79. The zero-order chi connectivity index (χ0) is 12.3. The van der Waals surface area contributed by atoms with Gasteiger partial charge in [0.25, 0.3) is 0 Å². The van der Waals surface area contributed by atoms with Crippen LogP contribution in [-0.2, 0) is 0 Å². The maximum Gasteiger partial charge on any atom is 0.320 e. The molecular formula is C12H19N3O2. The molecule has 0 spiro atoms. The average Bonchev–Trinajstić information content (AvgIpc) is 2.67. The minimum atomic E-state index is -0.197. The Kier molecular flexibility index (Phi) is 3.66. The molecule has 94 valence electrons. The predicted octanol–water partition coefficient (Wildman–Crippen LogP) is 2.68. The van der Waals surface area contributed by atoms with Gasteiger partial charge < -0.3 is 9.84 Å². The van der Waals surface area contributed by atoms with Gasteiger partial charge in [0.15, 0.2) is 5.82 Å². The van der Waals surface area contributed by atoms with Crippen molar-refractivity contribution >= 4 is 11.8 Å². The summed E-state index contributed by atoms with van der Waals surface area (Å²) in [5.74, 6) is 1.70. The number of aromatic nitrogens is 1. The molecule has 2 atom stereocenters. The van der Waals surface area contributed by atoms with Crippen molar-refractivity contribution in [2.45, 2.75) is 45.6 Å². The highest BCUT2D eigenvalue weighted by molar-refractivity contribution is 5.88. The maximum atomic E-state index is 11.7. The van der Waals surface area contributed by atoms with Crippen molar-refractivity contribution in [1.29, 1.82) is 0 Å². The van der Waals surface area contributed by atoms with E-state index in [2.05, 4.69) is 22.7 Å². The van der Waals surface area contributed by atoms with E-state index in [-0.39, 0.29) is 12.1 Å². The lowest BCUT2D eigenvalue weighted by atomic mass is 9.86. The summed E-state index contributed by atoms with van der Waals surface area (Å²) in [5, 5.41) is 9.39. The molecular weight excluding hydrogens is 218 g/mol. The van der Waals surface area contributed by atoms with E-state index < -0.39 is 0 Å². The predicted molar refractivity (Wildman–Crippen MR) is 64.8 cm³/mol. The van der Waals surface area contributed by atoms with E-state index in [9.17, 15) is 4.79 Å². The number of rotatable bonds is 2. The summed E-state index contributed by atoms with van der Waals surface area (Å²) < 4.78 is 4.88. The Balaban J connectivity index is 1.84. The molecule has 1 fully saturated rings. The van der Waals surface area contributed by atoms with E-state index in [4.69, 9.17) is 4.52 Å². The zero-order valence-electron chi connectivity index (χ0n) is 10.3. The second-order valence-corrected chi connectivity index (χ2v) is 4.79. The third kappa shape index (κ3) is 3.22. The Bertz CT molecular complexity index is 389. The van der Waals surface area contributed by atoms with Crippen LogP contribution in [0.4, 0.5) is 10.6 Å². The van der Waals surface area contributed by atoms with Crippen LogP contribution in [0.15, 0.2) is 10.6 Å². The van der Waals surface area contributed by atoms with Crippen LogP contribution in [-0.4, -0.2) is 17.2 Å². The Morgan fingerprint density at radius 1 is 1.47 bits per heavy atom. The Morgan fingerprint density at radius 2 is 2.24 bits per heavy atom. The molecule has 2 amide bonds. The van der Waals surface area contributed by atoms with E-state index in [0.29, 0.717) is 17.5 Å². The number of urea groups is 1. The Hall–Kier alpha value is -1.52. The molecule has 0 aliphatic heterocycles. The van der Waals surface area contributed by atoms with Gasteiger partial charge in [0.2, 0.25) is 0 Å². The van der Waals surface area contributed by atoms with Gasteiger partial charge in [0, 0.05) is 12.1 Å². The van der Waals surface area contributed by atoms with E-state index >= 15 is 0 Å². The van der Waals surface area contributed by atoms with Crippen molar-refractivity contribution in [3.8, 4) is 0 Å². The number of amides is 2. The minimum Gasteiger partial charge on any atom is -0.360 e. The van der Waals surface area contributed by atoms with Crippen LogP contribution >= 0.6 is 0 Å². The minimum absolute atomic E-state index is 0.197. The van der Waals surface area contributed by atoms with E-state index in [1.807, 2.05) is 0 Å². The zero-order valence-corrected chi connectivity index (χ0v) is 10.3. The normalized spacial score (nSPS) is 24.4. The van der Waals surface area contributed by atoms with Crippen molar-refractivity contribution in [3.63, 3.8) is 0 Å². The van der Waals surface area contributed by atoms with Crippen LogP contribution in [0.5, 0.6) is 0 Å². The molecule has 0 bridgehead atoms. The highest BCUT2D eigenvalue weighted by Gasteiger charge is 2.22. The first-order valence-electron chi connectivity index (χ1n) is 6.16. The van der Waals surface area contributed by atoms with Crippen LogP contribution in [0, 0.1) is 12.8 Å². The fourth-order valence-corrected chi connectivity index (χ4v) is 2.28. The summed E-state index contributed by atoms with van der Waals surface area (Å²) in [6, 6.07) is 1.78. The van der Waals surface area contributed by atoms with Gasteiger partial charge in [-0.1, -0.05) is 24.9 Å². The smallest absolute Gasteiger partial charge is 0.320 e. The number of hydrogen-bond donors (Lipinski definition) is 2. The van der Waals surface area contributed by atoms with Gasteiger partial charge in [-0.25, -0.2) is 4.79 Å². The lowest BCUT2D eigenvalue weighted by Gasteiger charge is -2.29. The average molecular weight is 237 g/mol. The number of nitrogens with zero attached hydrogens (tertiary/aromatic N) is 1. The monoisotopic (exact) mass is 237 g/mol. The third-order valence-electron chi connectivity index (χ3n) is 3.30.